The summed E-state index contributed by atoms with van der Waals surface area (Å²) in [5, 5.41) is 2.79. The number of benzene rings is 1. The quantitative estimate of drug-likeness (QED) is 0.460. The third-order valence-corrected chi connectivity index (χ3v) is 6.38. The van der Waals surface area contributed by atoms with Gasteiger partial charge >= 0.3 is 0 Å². The first kappa shape index (κ1) is 22.5. The van der Waals surface area contributed by atoms with E-state index in [2.05, 4.69) is 15.3 Å². The lowest BCUT2D eigenvalue weighted by atomic mass is 9.97. The standard InChI is InChI=1S/C26H27N7O2/c1-2-21(34)32-14-5-6-19(16-32)25-31-22(23-24(27)29-13-15-33(23)25)17-8-10-18(11-9-17)26(35)30-20-7-3-4-12-28-20/h3-4,7-13,15,19H,2,5-6,14,16H2,1H3,(H2,27,29)(H,28,30,35)/t19-/m1/s1. The number of carbonyl (C=O) groups excluding carboxylic acids is 2. The van der Waals surface area contributed by atoms with E-state index in [4.69, 9.17) is 10.7 Å². The molecular weight excluding hydrogens is 442 g/mol. The van der Waals surface area contributed by atoms with Crippen LogP contribution in [0.25, 0.3) is 16.8 Å². The number of nitrogen functional groups attached to an aromatic ring is 1. The van der Waals surface area contributed by atoms with Gasteiger partial charge in [-0.15, -0.1) is 0 Å². The van der Waals surface area contributed by atoms with Crippen molar-refractivity contribution < 1.29 is 9.59 Å². The summed E-state index contributed by atoms with van der Waals surface area (Å²) in [7, 11) is 0. The summed E-state index contributed by atoms with van der Waals surface area (Å²) in [6, 6.07) is 12.6. The van der Waals surface area contributed by atoms with E-state index in [1.54, 1.807) is 36.7 Å². The number of rotatable bonds is 5. The van der Waals surface area contributed by atoms with Crippen LogP contribution in [0.4, 0.5) is 11.6 Å². The van der Waals surface area contributed by atoms with Gasteiger partial charge in [0.2, 0.25) is 5.91 Å². The molecule has 1 aliphatic heterocycles. The molecule has 9 nitrogen and oxygen atoms in total. The van der Waals surface area contributed by atoms with Crippen molar-refractivity contribution in [3.8, 4) is 11.3 Å². The number of likely N-dealkylation sites (tertiary alicyclic amines) is 1. The Hall–Kier alpha value is -4.27. The van der Waals surface area contributed by atoms with Crippen molar-refractivity contribution in [2.75, 3.05) is 24.1 Å². The zero-order chi connectivity index (χ0) is 24.4. The molecule has 178 valence electrons. The second kappa shape index (κ2) is 9.54. The van der Waals surface area contributed by atoms with Crippen molar-refractivity contribution in [1.82, 2.24) is 24.3 Å². The first-order chi connectivity index (χ1) is 17.0. The van der Waals surface area contributed by atoms with Gasteiger partial charge < -0.3 is 16.0 Å². The number of imidazole rings is 1. The molecule has 0 bridgehead atoms. The molecule has 1 atom stereocenters. The molecule has 0 spiro atoms. The zero-order valence-corrected chi connectivity index (χ0v) is 19.5. The fourth-order valence-corrected chi connectivity index (χ4v) is 4.62. The normalized spacial score (nSPS) is 15.8. The van der Waals surface area contributed by atoms with E-state index in [-0.39, 0.29) is 17.7 Å². The van der Waals surface area contributed by atoms with E-state index in [0.29, 0.717) is 35.9 Å². The van der Waals surface area contributed by atoms with E-state index in [1.165, 1.54) is 0 Å². The Labute approximate surface area is 203 Å². The third-order valence-electron chi connectivity index (χ3n) is 6.38. The Kier molecular flexibility index (Phi) is 6.13. The van der Waals surface area contributed by atoms with E-state index < -0.39 is 0 Å². The number of nitrogens with zero attached hydrogens (tertiary/aromatic N) is 5. The van der Waals surface area contributed by atoms with Crippen molar-refractivity contribution in [2.45, 2.75) is 32.1 Å². The van der Waals surface area contributed by atoms with Gasteiger partial charge in [-0.3, -0.25) is 14.0 Å². The monoisotopic (exact) mass is 469 g/mol. The predicted octanol–water partition coefficient (Wildman–Crippen LogP) is 3.74. The van der Waals surface area contributed by atoms with Crippen LogP contribution in [0.3, 0.4) is 0 Å². The van der Waals surface area contributed by atoms with E-state index >= 15 is 0 Å². The van der Waals surface area contributed by atoms with Crippen molar-refractivity contribution >= 4 is 29.0 Å². The number of pyridine rings is 1. The molecule has 0 aliphatic carbocycles. The molecule has 1 aromatic carbocycles. The first-order valence-electron chi connectivity index (χ1n) is 11.8. The van der Waals surface area contributed by atoms with Gasteiger partial charge in [0.25, 0.3) is 5.91 Å². The molecule has 5 rings (SSSR count). The smallest absolute Gasteiger partial charge is 0.256 e. The number of nitrogens with two attached hydrogens (primary N) is 1. The highest BCUT2D eigenvalue weighted by Gasteiger charge is 2.28. The van der Waals surface area contributed by atoms with Gasteiger partial charge in [0, 0.05) is 55.1 Å². The lowest BCUT2D eigenvalue weighted by molar-refractivity contribution is -0.132. The summed E-state index contributed by atoms with van der Waals surface area (Å²) < 4.78 is 1.99. The lowest BCUT2D eigenvalue weighted by Gasteiger charge is -2.32. The Morgan fingerprint density at radius 3 is 2.69 bits per heavy atom. The van der Waals surface area contributed by atoms with Gasteiger partial charge in [0.1, 0.15) is 28.7 Å². The summed E-state index contributed by atoms with van der Waals surface area (Å²) in [4.78, 5) is 40.3. The number of aromatic nitrogens is 4. The van der Waals surface area contributed by atoms with Crippen LogP contribution in [0.5, 0.6) is 0 Å². The topological polar surface area (TPSA) is 119 Å². The molecule has 0 saturated carbocycles. The van der Waals surface area contributed by atoms with Gasteiger partial charge in [-0.25, -0.2) is 15.0 Å². The minimum Gasteiger partial charge on any atom is -0.382 e. The highest BCUT2D eigenvalue weighted by molar-refractivity contribution is 6.04. The van der Waals surface area contributed by atoms with E-state index in [1.807, 2.05) is 40.6 Å². The number of amides is 2. The highest BCUT2D eigenvalue weighted by Crippen LogP contribution is 2.34. The predicted molar refractivity (Wildman–Crippen MR) is 134 cm³/mol. The second-order valence-electron chi connectivity index (χ2n) is 8.63. The maximum absolute atomic E-state index is 12.6. The van der Waals surface area contributed by atoms with Gasteiger partial charge in [-0.05, 0) is 37.1 Å². The van der Waals surface area contributed by atoms with E-state index in [9.17, 15) is 9.59 Å². The van der Waals surface area contributed by atoms with Crippen LogP contribution < -0.4 is 11.1 Å². The van der Waals surface area contributed by atoms with Crippen molar-refractivity contribution in [3.63, 3.8) is 0 Å². The molecule has 2 amide bonds. The zero-order valence-electron chi connectivity index (χ0n) is 19.5. The van der Waals surface area contributed by atoms with Gasteiger partial charge in [-0.2, -0.15) is 0 Å². The number of nitrogens with one attached hydrogen (secondary N) is 1. The minimum atomic E-state index is -0.241. The highest BCUT2D eigenvalue weighted by atomic mass is 16.2. The van der Waals surface area contributed by atoms with Crippen molar-refractivity contribution in [1.29, 1.82) is 0 Å². The summed E-state index contributed by atoms with van der Waals surface area (Å²) >= 11 is 0. The summed E-state index contributed by atoms with van der Waals surface area (Å²) in [5.74, 6) is 1.77. The SMILES string of the molecule is CCC(=O)N1CCC[C@@H](c2nc(-c3ccc(C(=O)Nc4ccccn4)cc3)c3c(N)nccn23)C1. The first-order valence-corrected chi connectivity index (χ1v) is 11.8. The molecule has 0 unspecified atom stereocenters. The van der Waals surface area contributed by atoms with E-state index in [0.717, 1.165) is 36.3 Å². The average Bonchev–Trinajstić information content (AvgIpc) is 3.30. The molecule has 35 heavy (non-hydrogen) atoms. The molecule has 1 aliphatic rings. The van der Waals surface area contributed by atoms with Gasteiger partial charge in [0.05, 0.1) is 0 Å². The summed E-state index contributed by atoms with van der Waals surface area (Å²) in [5.41, 5.74) is 9.07. The van der Waals surface area contributed by atoms with Gasteiger partial charge in [-0.1, -0.05) is 25.1 Å². The molecular formula is C26H27N7O2. The Balaban J connectivity index is 1.47. The number of carbonyl (C=O) groups is 2. The van der Waals surface area contributed by atoms with Gasteiger partial charge in [0.15, 0.2) is 0 Å². The van der Waals surface area contributed by atoms with Crippen LogP contribution in [0.1, 0.15) is 48.3 Å². The molecule has 1 fully saturated rings. The molecule has 3 aromatic heterocycles. The molecule has 4 aromatic rings. The molecule has 0 radical (unpaired) electrons. The molecule has 9 heteroatoms. The molecule has 3 N–H and O–H groups in total. The molecule has 4 heterocycles. The Bertz CT molecular complexity index is 1370. The van der Waals surface area contributed by atoms with Crippen LogP contribution in [-0.2, 0) is 4.79 Å². The number of piperidine rings is 1. The second-order valence-corrected chi connectivity index (χ2v) is 8.63. The number of hydrogen-bond acceptors (Lipinski definition) is 6. The van der Waals surface area contributed by atoms with Crippen LogP contribution >= 0.6 is 0 Å². The molecule has 1 saturated heterocycles. The number of hydrogen-bond donors (Lipinski definition) is 2. The maximum Gasteiger partial charge on any atom is 0.256 e. The summed E-state index contributed by atoms with van der Waals surface area (Å²) in [6.45, 7) is 3.31. The fourth-order valence-electron chi connectivity index (χ4n) is 4.62. The lowest BCUT2D eigenvalue weighted by Crippen LogP contribution is -2.39. The van der Waals surface area contributed by atoms with Crippen LogP contribution in [-0.4, -0.2) is 49.2 Å². The Morgan fingerprint density at radius 2 is 1.94 bits per heavy atom. The largest absolute Gasteiger partial charge is 0.382 e. The average molecular weight is 470 g/mol. The van der Waals surface area contributed by atoms with Crippen LogP contribution in [0, 0.1) is 0 Å². The Morgan fingerprint density at radius 1 is 1.11 bits per heavy atom. The van der Waals surface area contributed by atoms with Crippen molar-refractivity contribution in [2.24, 2.45) is 0 Å². The van der Waals surface area contributed by atoms with Crippen LogP contribution in [0.15, 0.2) is 61.1 Å². The fraction of sp³-hybridized carbons (Fsp3) is 0.269. The number of fused-ring (bicyclic) bond motifs is 1. The maximum atomic E-state index is 12.6. The summed E-state index contributed by atoms with van der Waals surface area (Å²) in [6.07, 6.45) is 7.54. The minimum absolute atomic E-state index is 0.103. The number of anilines is 2. The van der Waals surface area contributed by atoms with Crippen molar-refractivity contribution in [3.05, 3.63) is 72.4 Å². The van der Waals surface area contributed by atoms with Crippen LogP contribution in [0.2, 0.25) is 0 Å². The third kappa shape index (κ3) is 4.44.